The zero-order valence-electron chi connectivity index (χ0n) is 13.4. The number of amides is 1. The molecule has 0 unspecified atom stereocenters. The Morgan fingerprint density at radius 3 is 2.71 bits per heavy atom. The number of nitrogens with zero attached hydrogens (tertiary/aromatic N) is 4. The summed E-state index contributed by atoms with van der Waals surface area (Å²) in [6, 6.07) is 7.70. The summed E-state index contributed by atoms with van der Waals surface area (Å²) in [4.78, 5) is 20.7. The Kier molecular flexibility index (Phi) is 5.63. The van der Waals surface area contributed by atoms with Crippen molar-refractivity contribution >= 4 is 35.1 Å². The number of halogens is 2. The summed E-state index contributed by atoms with van der Waals surface area (Å²) in [6.45, 7) is 2.96. The van der Waals surface area contributed by atoms with Crippen LogP contribution in [0.1, 0.15) is 12.8 Å². The molecule has 1 amide bonds. The van der Waals surface area contributed by atoms with Crippen molar-refractivity contribution < 1.29 is 4.79 Å². The van der Waals surface area contributed by atoms with E-state index in [-0.39, 0.29) is 5.91 Å². The number of benzene rings is 1. The topological polar surface area (TPSA) is 41.4 Å². The molecule has 1 aliphatic rings. The number of alkyl halides is 1. The number of hydrogen-bond donors (Lipinski definition) is 0. The van der Waals surface area contributed by atoms with Gasteiger partial charge in [0, 0.05) is 61.6 Å². The first-order valence-electron chi connectivity index (χ1n) is 8.07. The predicted octanol–water partition coefficient (Wildman–Crippen LogP) is 3.19. The monoisotopic (exact) mass is 366 g/mol. The number of piperazine rings is 1. The molecule has 2 aromatic rings. The third kappa shape index (κ3) is 3.84. The van der Waals surface area contributed by atoms with E-state index >= 15 is 0 Å². The fourth-order valence-corrected chi connectivity index (χ4v) is 3.21. The van der Waals surface area contributed by atoms with E-state index in [9.17, 15) is 4.79 Å². The Labute approximate surface area is 151 Å². The molecule has 0 spiro atoms. The fraction of sp³-hybridized carbons (Fsp3) is 0.412. The highest BCUT2D eigenvalue weighted by atomic mass is 35.5. The highest BCUT2D eigenvalue weighted by Gasteiger charge is 2.23. The summed E-state index contributed by atoms with van der Waals surface area (Å²) in [6.07, 6.45) is 4.98. The van der Waals surface area contributed by atoms with Crippen LogP contribution in [0.5, 0.6) is 0 Å². The van der Waals surface area contributed by atoms with Crippen molar-refractivity contribution in [3.05, 3.63) is 41.7 Å². The highest BCUT2D eigenvalue weighted by Crippen LogP contribution is 2.22. The van der Waals surface area contributed by atoms with Crippen LogP contribution in [0.3, 0.4) is 0 Å². The molecule has 3 rings (SSSR count). The lowest BCUT2D eigenvalue weighted by molar-refractivity contribution is -0.131. The summed E-state index contributed by atoms with van der Waals surface area (Å²) in [5.74, 6) is 1.60. The van der Waals surface area contributed by atoms with Crippen molar-refractivity contribution in [3.8, 4) is 5.69 Å². The number of carbonyl (C=O) groups excluding carboxylic acids is 1. The quantitative estimate of drug-likeness (QED) is 0.763. The van der Waals surface area contributed by atoms with Crippen LogP contribution in [-0.2, 0) is 4.79 Å². The Morgan fingerprint density at radius 2 is 2.00 bits per heavy atom. The largest absolute Gasteiger partial charge is 0.339 e. The molecule has 24 heavy (non-hydrogen) atoms. The second-order valence-electron chi connectivity index (χ2n) is 5.74. The molecule has 1 aliphatic heterocycles. The summed E-state index contributed by atoms with van der Waals surface area (Å²) in [7, 11) is 0. The van der Waals surface area contributed by atoms with Crippen LogP contribution in [0.2, 0.25) is 5.02 Å². The van der Waals surface area contributed by atoms with Crippen LogP contribution in [0, 0.1) is 0 Å². The molecule has 0 aliphatic carbocycles. The van der Waals surface area contributed by atoms with E-state index in [2.05, 4.69) is 9.88 Å². The first-order valence-corrected chi connectivity index (χ1v) is 8.98. The standard InChI is InChI=1S/C17H20Cl2N4O/c18-6-2-5-16(24)21-9-11-22(12-10-21)17-20-7-8-23(17)15-4-1-3-14(19)13-15/h1,3-4,7-8,13H,2,5-6,9-12H2. The minimum atomic E-state index is 0.188. The zero-order chi connectivity index (χ0) is 16.9. The van der Waals surface area contributed by atoms with Gasteiger partial charge in [0.1, 0.15) is 0 Å². The van der Waals surface area contributed by atoms with Crippen LogP contribution >= 0.6 is 23.2 Å². The maximum Gasteiger partial charge on any atom is 0.222 e. The second-order valence-corrected chi connectivity index (χ2v) is 6.55. The summed E-state index contributed by atoms with van der Waals surface area (Å²) in [5, 5.41) is 0.696. The lowest BCUT2D eigenvalue weighted by Gasteiger charge is -2.35. The number of aromatic nitrogens is 2. The molecular formula is C17H20Cl2N4O. The van der Waals surface area contributed by atoms with E-state index in [1.807, 2.05) is 39.9 Å². The van der Waals surface area contributed by atoms with Gasteiger partial charge in [-0.2, -0.15) is 0 Å². The predicted molar refractivity (Wildman–Crippen MR) is 97.3 cm³/mol. The Morgan fingerprint density at radius 1 is 1.21 bits per heavy atom. The van der Waals surface area contributed by atoms with E-state index in [0.29, 0.717) is 30.4 Å². The van der Waals surface area contributed by atoms with Gasteiger partial charge in [-0.05, 0) is 24.6 Å². The first kappa shape index (κ1) is 17.1. The van der Waals surface area contributed by atoms with Gasteiger partial charge in [-0.1, -0.05) is 17.7 Å². The van der Waals surface area contributed by atoms with E-state index in [0.717, 1.165) is 31.1 Å². The molecule has 1 aromatic carbocycles. The Balaban J connectivity index is 1.68. The first-order chi connectivity index (χ1) is 11.7. The van der Waals surface area contributed by atoms with Crippen molar-refractivity contribution in [2.75, 3.05) is 37.0 Å². The smallest absolute Gasteiger partial charge is 0.222 e. The molecule has 0 saturated carbocycles. The maximum atomic E-state index is 12.1. The van der Waals surface area contributed by atoms with Gasteiger partial charge in [0.25, 0.3) is 0 Å². The van der Waals surface area contributed by atoms with E-state index in [4.69, 9.17) is 23.2 Å². The average Bonchev–Trinajstić information content (AvgIpc) is 3.09. The van der Waals surface area contributed by atoms with E-state index < -0.39 is 0 Å². The SMILES string of the molecule is O=C(CCCCl)N1CCN(c2nccn2-c2cccc(Cl)c2)CC1. The molecule has 5 nitrogen and oxygen atoms in total. The number of anilines is 1. The van der Waals surface area contributed by atoms with Gasteiger partial charge in [0.15, 0.2) is 0 Å². The minimum absolute atomic E-state index is 0.188. The second kappa shape index (κ2) is 7.90. The van der Waals surface area contributed by atoms with Crippen LogP contribution in [-0.4, -0.2) is 52.4 Å². The molecule has 128 valence electrons. The Bertz CT molecular complexity index is 695. The van der Waals surface area contributed by atoms with Gasteiger partial charge in [-0.3, -0.25) is 9.36 Å². The van der Waals surface area contributed by atoms with Gasteiger partial charge in [0.2, 0.25) is 11.9 Å². The van der Waals surface area contributed by atoms with Crippen molar-refractivity contribution in [2.24, 2.45) is 0 Å². The fourth-order valence-electron chi connectivity index (χ4n) is 2.89. The highest BCUT2D eigenvalue weighted by molar-refractivity contribution is 6.30. The number of rotatable bonds is 5. The van der Waals surface area contributed by atoms with Gasteiger partial charge in [0.05, 0.1) is 0 Å². The molecule has 0 N–H and O–H groups in total. The maximum absolute atomic E-state index is 12.1. The van der Waals surface area contributed by atoms with Gasteiger partial charge in [-0.25, -0.2) is 4.98 Å². The van der Waals surface area contributed by atoms with E-state index in [1.54, 1.807) is 6.20 Å². The molecule has 7 heteroatoms. The third-order valence-corrected chi connectivity index (χ3v) is 4.65. The number of hydrogen-bond acceptors (Lipinski definition) is 3. The molecule has 0 atom stereocenters. The molecule has 1 saturated heterocycles. The number of carbonyl (C=O) groups is 1. The molecule has 0 bridgehead atoms. The summed E-state index contributed by atoms with van der Waals surface area (Å²) < 4.78 is 2.02. The molecule has 1 fully saturated rings. The zero-order valence-corrected chi connectivity index (χ0v) is 14.9. The van der Waals surface area contributed by atoms with Crippen LogP contribution in [0.25, 0.3) is 5.69 Å². The van der Waals surface area contributed by atoms with Crippen LogP contribution in [0.4, 0.5) is 5.95 Å². The van der Waals surface area contributed by atoms with Gasteiger partial charge < -0.3 is 9.80 Å². The summed E-state index contributed by atoms with van der Waals surface area (Å²) in [5.41, 5.74) is 0.982. The van der Waals surface area contributed by atoms with Crippen LogP contribution < -0.4 is 4.90 Å². The molecular weight excluding hydrogens is 347 g/mol. The minimum Gasteiger partial charge on any atom is -0.339 e. The lowest BCUT2D eigenvalue weighted by atomic mass is 10.2. The van der Waals surface area contributed by atoms with Crippen molar-refractivity contribution in [1.29, 1.82) is 0 Å². The molecule has 0 radical (unpaired) electrons. The average molecular weight is 367 g/mol. The van der Waals surface area contributed by atoms with Crippen molar-refractivity contribution in [2.45, 2.75) is 12.8 Å². The lowest BCUT2D eigenvalue weighted by Crippen LogP contribution is -2.49. The summed E-state index contributed by atoms with van der Waals surface area (Å²) >= 11 is 11.8. The van der Waals surface area contributed by atoms with Gasteiger partial charge >= 0.3 is 0 Å². The van der Waals surface area contributed by atoms with Crippen molar-refractivity contribution in [3.63, 3.8) is 0 Å². The Hall–Kier alpha value is -1.72. The normalized spacial score (nSPS) is 14.9. The van der Waals surface area contributed by atoms with Crippen LogP contribution in [0.15, 0.2) is 36.7 Å². The third-order valence-electron chi connectivity index (χ3n) is 4.15. The number of imidazole rings is 1. The molecule has 1 aromatic heterocycles. The molecule has 2 heterocycles. The van der Waals surface area contributed by atoms with Crippen molar-refractivity contribution in [1.82, 2.24) is 14.5 Å². The van der Waals surface area contributed by atoms with Gasteiger partial charge in [-0.15, -0.1) is 11.6 Å². The van der Waals surface area contributed by atoms with E-state index in [1.165, 1.54) is 0 Å².